The predicted octanol–water partition coefficient (Wildman–Crippen LogP) is 1.74. The molecule has 0 radical (unpaired) electrons. The largest absolute Gasteiger partial charge is 0.496 e. The second kappa shape index (κ2) is 5.49. The minimum Gasteiger partial charge on any atom is -0.496 e. The number of carbonyl (C=O) groups excluding carboxylic acids is 1. The molecule has 0 aliphatic heterocycles. The highest BCUT2D eigenvalue weighted by molar-refractivity contribution is 7.22. The van der Waals surface area contributed by atoms with Crippen molar-refractivity contribution in [1.29, 1.82) is 0 Å². The summed E-state index contributed by atoms with van der Waals surface area (Å²) in [4.78, 5) is 12.2. The molecule has 1 aromatic carbocycles. The van der Waals surface area contributed by atoms with Crippen LogP contribution in [-0.4, -0.2) is 40.4 Å². The molecule has 2 aromatic heterocycles. The number of methoxy groups -OCH3 is 2. The molecule has 0 aliphatic rings. The fourth-order valence-electron chi connectivity index (χ4n) is 2.00. The zero-order chi connectivity index (χ0) is 14.8. The third-order valence-corrected chi connectivity index (χ3v) is 4.10. The third kappa shape index (κ3) is 2.45. The number of esters is 1. The quantitative estimate of drug-likeness (QED) is 0.683. The molecule has 0 fully saturated rings. The molecule has 0 aliphatic carbocycles. The van der Waals surface area contributed by atoms with Crippen LogP contribution in [0.4, 0.5) is 0 Å². The third-order valence-electron chi connectivity index (χ3n) is 3.00. The van der Waals surface area contributed by atoms with Gasteiger partial charge in [-0.05, 0) is 28.6 Å². The number of rotatable bonds is 4. The van der Waals surface area contributed by atoms with Gasteiger partial charge in [0.1, 0.15) is 12.3 Å². The molecule has 0 amide bonds. The molecule has 3 rings (SSSR count). The van der Waals surface area contributed by atoms with Crippen molar-refractivity contribution in [1.82, 2.24) is 20.2 Å². The Morgan fingerprint density at radius 3 is 3.00 bits per heavy atom. The van der Waals surface area contributed by atoms with E-state index in [-0.39, 0.29) is 6.54 Å². The van der Waals surface area contributed by atoms with Crippen LogP contribution in [0.1, 0.15) is 0 Å². The molecule has 0 N–H and O–H groups in total. The van der Waals surface area contributed by atoms with Gasteiger partial charge in [0.25, 0.3) is 0 Å². The zero-order valence-corrected chi connectivity index (χ0v) is 12.3. The number of ether oxygens (including phenoxy) is 2. The van der Waals surface area contributed by atoms with Crippen molar-refractivity contribution in [2.24, 2.45) is 0 Å². The van der Waals surface area contributed by atoms with Crippen molar-refractivity contribution in [3.63, 3.8) is 0 Å². The summed E-state index contributed by atoms with van der Waals surface area (Å²) in [5.41, 5.74) is 0. The van der Waals surface area contributed by atoms with Crippen LogP contribution >= 0.6 is 11.3 Å². The molecule has 21 heavy (non-hydrogen) atoms. The first-order valence-electron chi connectivity index (χ1n) is 6.13. The van der Waals surface area contributed by atoms with Crippen molar-refractivity contribution in [3.05, 3.63) is 24.3 Å². The van der Waals surface area contributed by atoms with Crippen LogP contribution in [0.3, 0.4) is 0 Å². The van der Waals surface area contributed by atoms with Gasteiger partial charge in [-0.1, -0.05) is 6.07 Å². The summed E-state index contributed by atoms with van der Waals surface area (Å²) in [6.45, 7) is -0.0236. The van der Waals surface area contributed by atoms with E-state index < -0.39 is 5.97 Å². The van der Waals surface area contributed by atoms with E-state index in [1.807, 2.05) is 24.3 Å². The molecule has 0 unspecified atom stereocenters. The Bertz CT molecular complexity index is 796. The molecule has 3 aromatic rings. The number of benzene rings is 1. The summed E-state index contributed by atoms with van der Waals surface area (Å²) < 4.78 is 12.5. The van der Waals surface area contributed by atoms with Crippen molar-refractivity contribution in [2.45, 2.75) is 6.54 Å². The molecule has 0 atom stereocenters. The average Bonchev–Trinajstić information content (AvgIpc) is 3.12. The van der Waals surface area contributed by atoms with Gasteiger partial charge >= 0.3 is 5.97 Å². The van der Waals surface area contributed by atoms with Crippen LogP contribution in [-0.2, 0) is 16.1 Å². The Hall–Kier alpha value is -2.48. The number of carbonyl (C=O) groups is 1. The number of hydrogen-bond donors (Lipinski definition) is 0. The van der Waals surface area contributed by atoms with Gasteiger partial charge in [-0.15, -0.1) is 16.4 Å². The summed E-state index contributed by atoms with van der Waals surface area (Å²) in [5, 5.41) is 12.4. The zero-order valence-electron chi connectivity index (χ0n) is 11.4. The first-order chi connectivity index (χ1) is 10.2. The number of nitrogens with zero attached hydrogens (tertiary/aromatic N) is 4. The van der Waals surface area contributed by atoms with Crippen molar-refractivity contribution < 1.29 is 14.3 Å². The topological polar surface area (TPSA) is 79.1 Å². The summed E-state index contributed by atoms with van der Waals surface area (Å²) in [5.74, 6) is 0.924. The summed E-state index contributed by atoms with van der Waals surface area (Å²) >= 11 is 1.54. The number of tetrazole rings is 1. The first-order valence-corrected chi connectivity index (χ1v) is 6.94. The highest BCUT2D eigenvalue weighted by atomic mass is 32.1. The number of hydrogen-bond acceptors (Lipinski definition) is 7. The number of fused-ring (bicyclic) bond motifs is 1. The van der Waals surface area contributed by atoms with E-state index in [1.165, 1.54) is 23.1 Å². The van der Waals surface area contributed by atoms with Crippen LogP contribution in [0, 0.1) is 0 Å². The van der Waals surface area contributed by atoms with Gasteiger partial charge in [0.05, 0.1) is 19.1 Å². The van der Waals surface area contributed by atoms with Crippen LogP contribution in [0.2, 0.25) is 0 Å². The number of thiophene rings is 1. The van der Waals surface area contributed by atoms with Crippen LogP contribution in [0.15, 0.2) is 24.3 Å². The highest BCUT2D eigenvalue weighted by Gasteiger charge is 2.16. The van der Waals surface area contributed by atoms with E-state index in [0.717, 1.165) is 20.7 Å². The Morgan fingerprint density at radius 1 is 1.38 bits per heavy atom. The standard InChI is InChI=1S/C13H12N4O3S/c1-19-9-4-3-5-10-8(9)6-11(21-10)13-14-15-16-17(13)7-12(18)20-2/h3-6H,7H2,1-2H3. The lowest BCUT2D eigenvalue weighted by Crippen LogP contribution is -2.13. The van der Waals surface area contributed by atoms with Crippen LogP contribution < -0.4 is 4.74 Å². The fraction of sp³-hybridized carbons (Fsp3) is 0.231. The van der Waals surface area contributed by atoms with E-state index in [2.05, 4.69) is 20.3 Å². The number of aromatic nitrogens is 4. The van der Waals surface area contributed by atoms with Gasteiger partial charge in [0, 0.05) is 10.1 Å². The lowest BCUT2D eigenvalue weighted by molar-refractivity contribution is -0.141. The average molecular weight is 304 g/mol. The molecule has 108 valence electrons. The molecular weight excluding hydrogens is 292 g/mol. The molecule has 0 saturated carbocycles. The monoisotopic (exact) mass is 304 g/mol. The van der Waals surface area contributed by atoms with Crippen LogP contribution in [0.5, 0.6) is 5.75 Å². The lowest BCUT2D eigenvalue weighted by Gasteiger charge is -2.00. The van der Waals surface area contributed by atoms with Gasteiger partial charge in [0.15, 0.2) is 5.82 Å². The van der Waals surface area contributed by atoms with E-state index in [9.17, 15) is 4.79 Å². The van der Waals surface area contributed by atoms with Crippen molar-refractivity contribution in [3.8, 4) is 16.5 Å². The molecule has 2 heterocycles. The maximum absolute atomic E-state index is 11.4. The molecular formula is C13H12N4O3S. The summed E-state index contributed by atoms with van der Waals surface area (Å²) in [7, 11) is 2.96. The Morgan fingerprint density at radius 2 is 2.24 bits per heavy atom. The van der Waals surface area contributed by atoms with Crippen molar-refractivity contribution in [2.75, 3.05) is 14.2 Å². The molecule has 0 saturated heterocycles. The smallest absolute Gasteiger partial charge is 0.327 e. The van der Waals surface area contributed by atoms with Gasteiger partial charge < -0.3 is 9.47 Å². The van der Waals surface area contributed by atoms with E-state index in [1.54, 1.807) is 7.11 Å². The highest BCUT2D eigenvalue weighted by Crippen LogP contribution is 2.36. The second-order valence-electron chi connectivity index (χ2n) is 4.22. The molecule has 7 nitrogen and oxygen atoms in total. The minimum atomic E-state index is -0.401. The van der Waals surface area contributed by atoms with Crippen molar-refractivity contribution >= 4 is 27.4 Å². The van der Waals surface area contributed by atoms with E-state index in [4.69, 9.17) is 4.74 Å². The van der Waals surface area contributed by atoms with Crippen LogP contribution in [0.25, 0.3) is 20.8 Å². The lowest BCUT2D eigenvalue weighted by atomic mass is 10.2. The minimum absolute atomic E-state index is 0.0236. The Balaban J connectivity index is 2.05. The molecule has 0 spiro atoms. The van der Waals surface area contributed by atoms with E-state index >= 15 is 0 Å². The van der Waals surface area contributed by atoms with E-state index in [0.29, 0.717) is 5.82 Å². The summed E-state index contributed by atoms with van der Waals surface area (Å²) in [6.07, 6.45) is 0. The SMILES string of the molecule is COC(=O)Cn1nnnc1-c1cc2c(OC)cccc2s1. The first kappa shape index (κ1) is 13.5. The molecule has 8 heteroatoms. The van der Waals surface area contributed by atoms with Gasteiger partial charge in [-0.25, -0.2) is 4.68 Å². The normalized spacial score (nSPS) is 10.8. The Labute approximate surface area is 124 Å². The Kier molecular flexibility index (Phi) is 3.53. The maximum atomic E-state index is 11.4. The molecule has 0 bridgehead atoms. The van der Waals surface area contributed by atoms with Gasteiger partial charge in [-0.2, -0.15) is 0 Å². The predicted molar refractivity (Wildman–Crippen MR) is 77.2 cm³/mol. The van der Waals surface area contributed by atoms with Gasteiger partial charge in [-0.3, -0.25) is 4.79 Å². The fourth-order valence-corrected chi connectivity index (χ4v) is 3.06. The summed E-state index contributed by atoms with van der Waals surface area (Å²) in [6, 6.07) is 7.79. The maximum Gasteiger partial charge on any atom is 0.327 e. The van der Waals surface area contributed by atoms with Gasteiger partial charge in [0.2, 0.25) is 0 Å². The second-order valence-corrected chi connectivity index (χ2v) is 5.30.